The fraction of sp³-hybridized carbons (Fsp3) is 0.147. The number of benzene rings is 4. The number of nitrogens with zero attached hydrogens (tertiary/aromatic N) is 2. The highest BCUT2D eigenvalue weighted by atomic mass is 19.4. The third-order valence-electron chi connectivity index (χ3n) is 8.92. The molecular weight excluding hydrogens is 573 g/mol. The van der Waals surface area contributed by atoms with Crippen LogP contribution in [0, 0.1) is 15.5 Å². The quantitative estimate of drug-likeness (QED) is 0.110. The summed E-state index contributed by atoms with van der Waals surface area (Å²) >= 11 is 0. The maximum atomic E-state index is 14.6. The largest absolute Gasteiger partial charge is 0.416 e. The Bertz CT molecular complexity index is 1900. The fourth-order valence-corrected chi connectivity index (χ4v) is 7.11. The Hall–Kier alpha value is -5.38. The lowest BCUT2D eigenvalue weighted by Gasteiger charge is -2.37. The molecular formula is C34H21F3N2O5. The van der Waals surface area contributed by atoms with Gasteiger partial charge in [0, 0.05) is 40.4 Å². The number of non-ortho nitro benzene ring substituents is 1. The van der Waals surface area contributed by atoms with Gasteiger partial charge in [0.2, 0.25) is 0 Å². The summed E-state index contributed by atoms with van der Waals surface area (Å²) in [6.45, 7) is 0. The Morgan fingerprint density at radius 1 is 0.841 bits per heavy atom. The van der Waals surface area contributed by atoms with Gasteiger partial charge < -0.3 is 4.90 Å². The van der Waals surface area contributed by atoms with Crippen molar-refractivity contribution >= 4 is 34.8 Å². The molecule has 1 spiro atoms. The van der Waals surface area contributed by atoms with Crippen molar-refractivity contribution in [1.82, 2.24) is 0 Å². The molecule has 0 N–H and O–H groups in total. The van der Waals surface area contributed by atoms with Crippen molar-refractivity contribution < 1.29 is 32.5 Å². The third kappa shape index (κ3) is 3.73. The summed E-state index contributed by atoms with van der Waals surface area (Å²) in [7, 11) is 0. The molecule has 2 heterocycles. The van der Waals surface area contributed by atoms with E-state index >= 15 is 0 Å². The Labute approximate surface area is 248 Å². The number of halogens is 3. The second-order valence-corrected chi connectivity index (χ2v) is 11.1. The van der Waals surface area contributed by atoms with Gasteiger partial charge in [-0.3, -0.25) is 24.5 Å². The van der Waals surface area contributed by atoms with Crippen LogP contribution in [0.3, 0.4) is 0 Å². The maximum Gasteiger partial charge on any atom is 0.416 e. The summed E-state index contributed by atoms with van der Waals surface area (Å²) in [4.78, 5) is 56.5. The molecule has 44 heavy (non-hydrogen) atoms. The summed E-state index contributed by atoms with van der Waals surface area (Å²) in [5.41, 5.74) is -1.40. The van der Waals surface area contributed by atoms with Gasteiger partial charge in [-0.1, -0.05) is 78.9 Å². The predicted molar refractivity (Wildman–Crippen MR) is 155 cm³/mol. The van der Waals surface area contributed by atoms with Gasteiger partial charge in [-0.15, -0.1) is 0 Å². The normalized spacial score (nSPS) is 21.2. The minimum Gasteiger partial charge on any atom is -0.352 e. The molecule has 7 nitrogen and oxygen atoms in total. The molecule has 3 atom stereocenters. The van der Waals surface area contributed by atoms with E-state index in [1.165, 1.54) is 42.5 Å². The minimum absolute atomic E-state index is 0.0284. The van der Waals surface area contributed by atoms with Crippen molar-refractivity contribution in [2.75, 3.05) is 4.90 Å². The average molecular weight is 595 g/mol. The molecule has 0 radical (unpaired) electrons. The van der Waals surface area contributed by atoms with Gasteiger partial charge in [-0.05, 0) is 29.3 Å². The molecule has 10 heteroatoms. The van der Waals surface area contributed by atoms with Crippen LogP contribution in [0.2, 0.25) is 0 Å². The molecule has 1 saturated heterocycles. The predicted octanol–water partition coefficient (Wildman–Crippen LogP) is 6.93. The summed E-state index contributed by atoms with van der Waals surface area (Å²) in [5.74, 6) is -2.92. The van der Waals surface area contributed by atoms with Gasteiger partial charge in [0.1, 0.15) is 11.5 Å². The van der Waals surface area contributed by atoms with Crippen LogP contribution < -0.4 is 4.90 Å². The second-order valence-electron chi connectivity index (χ2n) is 11.1. The Morgan fingerprint density at radius 3 is 2.11 bits per heavy atom. The second kappa shape index (κ2) is 9.57. The highest BCUT2D eigenvalue weighted by Crippen LogP contribution is 2.61. The average Bonchev–Trinajstić information content (AvgIpc) is 3.46. The Morgan fingerprint density at radius 2 is 1.48 bits per heavy atom. The van der Waals surface area contributed by atoms with Crippen molar-refractivity contribution in [2.24, 2.45) is 5.41 Å². The highest BCUT2D eigenvalue weighted by molar-refractivity contribution is 6.32. The number of alkyl halides is 3. The van der Waals surface area contributed by atoms with E-state index in [1.807, 2.05) is 6.07 Å². The smallest absolute Gasteiger partial charge is 0.352 e. The van der Waals surface area contributed by atoms with Crippen LogP contribution in [-0.4, -0.2) is 34.4 Å². The number of hydrogen-bond donors (Lipinski definition) is 0. The summed E-state index contributed by atoms with van der Waals surface area (Å²) in [5, 5.41) is 11.6. The standard InChI is InChI=1S/C34H21F3N2O5/c35-34(36,37)22-15-12-20(13-16-22)28-29(30(40)21-7-5-8-23(18-21)39(43)44)38-26-11-4-1-6-19(26)14-17-27(38)33(28)31(41)24-9-2-3-10-25(24)32(33)42/h1-18,27-29H/t27-,28+,29+/m1/s1. The van der Waals surface area contributed by atoms with Gasteiger partial charge >= 0.3 is 6.18 Å². The van der Waals surface area contributed by atoms with E-state index in [2.05, 4.69) is 0 Å². The van der Waals surface area contributed by atoms with E-state index < -0.39 is 57.4 Å². The van der Waals surface area contributed by atoms with Crippen LogP contribution in [-0.2, 0) is 6.18 Å². The monoisotopic (exact) mass is 594 g/mol. The van der Waals surface area contributed by atoms with E-state index in [9.17, 15) is 37.7 Å². The third-order valence-corrected chi connectivity index (χ3v) is 8.92. The first-order chi connectivity index (χ1) is 21.0. The number of anilines is 1. The van der Waals surface area contributed by atoms with Gasteiger partial charge in [0.05, 0.1) is 16.5 Å². The molecule has 1 fully saturated rings. The molecule has 0 aromatic heterocycles. The number of carbonyl (C=O) groups is 3. The molecule has 0 saturated carbocycles. The first-order valence-corrected chi connectivity index (χ1v) is 13.7. The van der Waals surface area contributed by atoms with E-state index in [1.54, 1.807) is 47.4 Å². The minimum atomic E-state index is -4.64. The first kappa shape index (κ1) is 27.5. The zero-order chi connectivity index (χ0) is 31.0. The summed E-state index contributed by atoms with van der Waals surface area (Å²) in [6, 6.07) is 20.5. The zero-order valence-electron chi connectivity index (χ0n) is 22.7. The number of rotatable bonds is 4. The van der Waals surface area contributed by atoms with Crippen molar-refractivity contribution in [3.8, 4) is 0 Å². The highest BCUT2D eigenvalue weighted by Gasteiger charge is 2.71. The Balaban J connectivity index is 1.53. The summed E-state index contributed by atoms with van der Waals surface area (Å²) < 4.78 is 40.8. The van der Waals surface area contributed by atoms with Crippen LogP contribution in [0.4, 0.5) is 24.5 Å². The number of fused-ring (bicyclic) bond motifs is 5. The number of nitro benzene ring substituents is 1. The Kier molecular flexibility index (Phi) is 5.97. The fourth-order valence-electron chi connectivity index (χ4n) is 7.11. The zero-order valence-corrected chi connectivity index (χ0v) is 22.7. The van der Waals surface area contributed by atoms with Crippen LogP contribution in [0.5, 0.6) is 0 Å². The molecule has 0 bridgehead atoms. The van der Waals surface area contributed by atoms with Gasteiger partial charge in [0.25, 0.3) is 5.69 Å². The molecule has 2 aliphatic heterocycles. The van der Waals surface area contributed by atoms with Crippen LogP contribution in [0.1, 0.15) is 53.7 Å². The molecule has 7 rings (SSSR count). The van der Waals surface area contributed by atoms with E-state index in [-0.39, 0.29) is 27.9 Å². The molecule has 0 amide bonds. The first-order valence-electron chi connectivity index (χ1n) is 13.7. The number of para-hydroxylation sites is 1. The van der Waals surface area contributed by atoms with Crippen LogP contribution in [0.25, 0.3) is 6.08 Å². The van der Waals surface area contributed by atoms with Gasteiger partial charge in [0.15, 0.2) is 17.3 Å². The molecule has 4 aromatic carbocycles. The van der Waals surface area contributed by atoms with Crippen molar-refractivity contribution in [3.63, 3.8) is 0 Å². The molecule has 3 aliphatic rings. The lowest BCUT2D eigenvalue weighted by Crippen LogP contribution is -2.48. The lowest BCUT2D eigenvalue weighted by atomic mass is 9.64. The molecule has 218 valence electrons. The number of hydrogen-bond acceptors (Lipinski definition) is 6. The number of Topliss-reactive ketones (excluding diaryl/α,β-unsaturated/α-hetero) is 3. The SMILES string of the molecule is O=C(c1cccc([N+](=O)[O-])c1)[C@@H]1[C@H](c2ccc(C(F)(F)F)cc2)C2(C(=O)c3ccccc3C2=O)[C@H]2C=Cc3ccccc3N12. The van der Waals surface area contributed by atoms with Crippen molar-refractivity contribution in [2.45, 2.75) is 24.2 Å². The molecule has 1 aliphatic carbocycles. The topological polar surface area (TPSA) is 97.6 Å². The lowest BCUT2D eigenvalue weighted by molar-refractivity contribution is -0.384. The van der Waals surface area contributed by atoms with E-state index in [4.69, 9.17) is 0 Å². The van der Waals surface area contributed by atoms with Crippen LogP contribution in [0.15, 0.2) is 103 Å². The van der Waals surface area contributed by atoms with Crippen LogP contribution >= 0.6 is 0 Å². The van der Waals surface area contributed by atoms with Gasteiger partial charge in [-0.25, -0.2) is 0 Å². The van der Waals surface area contributed by atoms with Crippen molar-refractivity contribution in [1.29, 1.82) is 0 Å². The van der Waals surface area contributed by atoms with Gasteiger partial charge in [-0.2, -0.15) is 13.2 Å². The number of carbonyl (C=O) groups excluding carboxylic acids is 3. The molecule has 4 aromatic rings. The van der Waals surface area contributed by atoms with Crippen molar-refractivity contribution in [3.05, 3.63) is 147 Å². The van der Waals surface area contributed by atoms with E-state index in [0.29, 0.717) is 11.3 Å². The molecule has 0 unspecified atom stereocenters. The maximum absolute atomic E-state index is 14.6. The summed E-state index contributed by atoms with van der Waals surface area (Å²) in [6.07, 6.45) is -1.17. The number of ketones is 3. The van der Waals surface area contributed by atoms with E-state index in [0.717, 1.165) is 18.2 Å². The number of nitro groups is 1.